The number of amides is 2. The summed E-state index contributed by atoms with van der Waals surface area (Å²) in [6.07, 6.45) is 1.14. The third-order valence-corrected chi connectivity index (χ3v) is 3.51. The molecule has 1 aromatic rings. The Labute approximate surface area is 131 Å². The summed E-state index contributed by atoms with van der Waals surface area (Å²) in [5, 5.41) is 2.54. The monoisotopic (exact) mass is 357 g/mol. The summed E-state index contributed by atoms with van der Waals surface area (Å²) in [7, 11) is 0. The zero-order chi connectivity index (χ0) is 15.1. The van der Waals surface area contributed by atoms with Gasteiger partial charge in [0, 0.05) is 16.5 Å². The maximum Gasteiger partial charge on any atom is 0.257 e. The molecular formula is C13H16BrN3O2S. The molecule has 0 aliphatic carbocycles. The van der Waals surface area contributed by atoms with Gasteiger partial charge in [-0.3, -0.25) is 25.8 Å². The summed E-state index contributed by atoms with van der Waals surface area (Å²) in [5.41, 5.74) is 6.40. The van der Waals surface area contributed by atoms with Gasteiger partial charge in [0.15, 0.2) is 5.11 Å². The van der Waals surface area contributed by atoms with Crippen LogP contribution in [0.1, 0.15) is 35.7 Å². The lowest BCUT2D eigenvalue weighted by molar-refractivity contribution is -0.121. The number of benzene rings is 1. The van der Waals surface area contributed by atoms with Crippen LogP contribution in [0.2, 0.25) is 0 Å². The lowest BCUT2D eigenvalue weighted by atomic mass is 10.1. The van der Waals surface area contributed by atoms with E-state index in [-0.39, 0.29) is 16.9 Å². The van der Waals surface area contributed by atoms with Crippen LogP contribution in [-0.2, 0) is 4.79 Å². The van der Waals surface area contributed by atoms with Gasteiger partial charge in [-0.2, -0.15) is 0 Å². The van der Waals surface area contributed by atoms with Gasteiger partial charge < -0.3 is 0 Å². The average molecular weight is 358 g/mol. The van der Waals surface area contributed by atoms with Crippen molar-refractivity contribution < 1.29 is 9.59 Å². The highest BCUT2D eigenvalue weighted by molar-refractivity contribution is 9.10. The molecule has 2 amide bonds. The van der Waals surface area contributed by atoms with Crippen molar-refractivity contribution >= 4 is 45.1 Å². The summed E-state index contributed by atoms with van der Waals surface area (Å²) in [6, 6.07) is 5.25. The molecule has 0 bridgehead atoms. The molecule has 1 aromatic carbocycles. The average Bonchev–Trinajstić information content (AvgIpc) is 2.40. The van der Waals surface area contributed by atoms with Crippen LogP contribution in [0.3, 0.4) is 0 Å². The van der Waals surface area contributed by atoms with E-state index in [1.54, 1.807) is 12.1 Å². The van der Waals surface area contributed by atoms with Crippen molar-refractivity contribution in [1.29, 1.82) is 0 Å². The van der Waals surface area contributed by atoms with Gasteiger partial charge >= 0.3 is 0 Å². The summed E-state index contributed by atoms with van der Waals surface area (Å²) >= 11 is 8.28. The molecule has 20 heavy (non-hydrogen) atoms. The van der Waals surface area contributed by atoms with Crippen LogP contribution in [0.25, 0.3) is 0 Å². The lowest BCUT2D eigenvalue weighted by Crippen LogP contribution is -2.48. The Hall–Kier alpha value is -1.47. The smallest absolute Gasteiger partial charge is 0.257 e. The number of carbonyl (C=O) groups is 2. The second kappa shape index (κ2) is 7.96. The topological polar surface area (TPSA) is 70.2 Å². The Bertz CT molecular complexity index is 534. The SMILES string of the molecule is CCCC(=O)NNC(=S)NC(=O)c1ccc(C)c(Br)c1. The van der Waals surface area contributed by atoms with E-state index in [9.17, 15) is 9.59 Å². The van der Waals surface area contributed by atoms with Gasteiger partial charge in [0.25, 0.3) is 5.91 Å². The zero-order valence-corrected chi connectivity index (χ0v) is 13.7. The number of nitrogens with one attached hydrogen (secondary N) is 3. The van der Waals surface area contributed by atoms with E-state index in [4.69, 9.17) is 12.2 Å². The number of hydrogen-bond acceptors (Lipinski definition) is 3. The predicted molar refractivity (Wildman–Crippen MR) is 85.1 cm³/mol. The minimum absolute atomic E-state index is 0.0520. The van der Waals surface area contributed by atoms with Crippen molar-refractivity contribution in [3.8, 4) is 0 Å². The number of carbonyl (C=O) groups excluding carboxylic acids is 2. The number of rotatable bonds is 3. The molecule has 0 aliphatic heterocycles. The molecule has 0 spiro atoms. The first-order valence-electron chi connectivity index (χ1n) is 6.10. The number of aryl methyl sites for hydroxylation is 1. The fourth-order valence-electron chi connectivity index (χ4n) is 1.36. The summed E-state index contributed by atoms with van der Waals surface area (Å²) in [5.74, 6) is -0.518. The Kier molecular flexibility index (Phi) is 6.60. The summed E-state index contributed by atoms with van der Waals surface area (Å²) in [4.78, 5) is 23.2. The van der Waals surface area contributed by atoms with Crippen molar-refractivity contribution in [2.75, 3.05) is 0 Å². The van der Waals surface area contributed by atoms with Gasteiger partial charge in [0.2, 0.25) is 5.91 Å². The molecule has 5 nitrogen and oxygen atoms in total. The molecule has 0 unspecified atom stereocenters. The van der Waals surface area contributed by atoms with E-state index < -0.39 is 0 Å². The second-order valence-electron chi connectivity index (χ2n) is 4.17. The van der Waals surface area contributed by atoms with Crippen LogP contribution in [0.4, 0.5) is 0 Å². The molecule has 3 N–H and O–H groups in total. The summed E-state index contributed by atoms with van der Waals surface area (Å²) in [6.45, 7) is 3.83. The van der Waals surface area contributed by atoms with Gasteiger partial charge in [-0.15, -0.1) is 0 Å². The van der Waals surface area contributed by atoms with Crippen LogP contribution >= 0.6 is 28.1 Å². The number of hydrogen-bond donors (Lipinski definition) is 3. The first-order chi connectivity index (χ1) is 9.43. The van der Waals surface area contributed by atoms with E-state index in [2.05, 4.69) is 32.1 Å². The molecule has 1 rings (SSSR count). The predicted octanol–water partition coefficient (Wildman–Crippen LogP) is 2.19. The zero-order valence-electron chi connectivity index (χ0n) is 11.2. The lowest BCUT2D eigenvalue weighted by Gasteiger charge is -2.10. The number of thiocarbonyl (C=S) groups is 1. The molecule has 0 aliphatic rings. The van der Waals surface area contributed by atoms with Crippen molar-refractivity contribution in [3.05, 3.63) is 33.8 Å². The largest absolute Gasteiger partial charge is 0.298 e. The van der Waals surface area contributed by atoms with Crippen molar-refractivity contribution in [3.63, 3.8) is 0 Å². The minimum Gasteiger partial charge on any atom is -0.298 e. The van der Waals surface area contributed by atoms with Crippen LogP contribution in [0.15, 0.2) is 22.7 Å². The van der Waals surface area contributed by atoms with Gasteiger partial charge in [-0.25, -0.2) is 0 Å². The van der Waals surface area contributed by atoms with Crippen LogP contribution < -0.4 is 16.2 Å². The van der Waals surface area contributed by atoms with Crippen LogP contribution in [0.5, 0.6) is 0 Å². The van der Waals surface area contributed by atoms with Gasteiger partial charge in [0.1, 0.15) is 0 Å². The Morgan fingerprint density at radius 3 is 2.60 bits per heavy atom. The normalized spacial score (nSPS) is 9.75. The van der Waals surface area contributed by atoms with E-state index >= 15 is 0 Å². The first kappa shape index (κ1) is 16.6. The highest BCUT2D eigenvalue weighted by atomic mass is 79.9. The maximum atomic E-state index is 11.9. The molecule has 7 heteroatoms. The third-order valence-electron chi connectivity index (χ3n) is 2.45. The van der Waals surface area contributed by atoms with Crippen LogP contribution in [-0.4, -0.2) is 16.9 Å². The molecule has 0 atom stereocenters. The molecule has 0 saturated heterocycles. The fourth-order valence-corrected chi connectivity index (χ4v) is 1.88. The quantitative estimate of drug-likeness (QED) is 0.572. The van der Waals surface area contributed by atoms with Crippen molar-refractivity contribution in [2.45, 2.75) is 26.7 Å². The highest BCUT2D eigenvalue weighted by Crippen LogP contribution is 2.17. The number of halogens is 1. The minimum atomic E-state index is -0.340. The molecular weight excluding hydrogens is 342 g/mol. The second-order valence-corrected chi connectivity index (χ2v) is 5.43. The standard InChI is InChI=1S/C13H16BrN3O2S/c1-3-4-11(18)16-17-13(20)15-12(19)9-6-5-8(2)10(14)7-9/h5-7H,3-4H2,1-2H3,(H,16,18)(H2,15,17,19,20). The van der Waals surface area contributed by atoms with E-state index in [1.807, 2.05) is 19.9 Å². The van der Waals surface area contributed by atoms with Crippen molar-refractivity contribution in [2.24, 2.45) is 0 Å². The van der Waals surface area contributed by atoms with E-state index in [1.165, 1.54) is 0 Å². The van der Waals surface area contributed by atoms with Gasteiger partial charge in [-0.05, 0) is 43.3 Å². The third kappa shape index (κ3) is 5.26. The first-order valence-corrected chi connectivity index (χ1v) is 7.30. The molecule has 108 valence electrons. The fraction of sp³-hybridized carbons (Fsp3) is 0.308. The molecule has 0 aromatic heterocycles. The Morgan fingerprint density at radius 2 is 2.00 bits per heavy atom. The van der Waals surface area contributed by atoms with Crippen LogP contribution in [0, 0.1) is 6.92 Å². The Balaban J connectivity index is 2.51. The van der Waals surface area contributed by atoms with E-state index in [0.717, 1.165) is 16.5 Å². The molecule has 0 radical (unpaired) electrons. The van der Waals surface area contributed by atoms with E-state index in [0.29, 0.717) is 12.0 Å². The molecule has 0 heterocycles. The Morgan fingerprint density at radius 1 is 1.30 bits per heavy atom. The van der Waals surface area contributed by atoms with Crippen molar-refractivity contribution in [1.82, 2.24) is 16.2 Å². The highest BCUT2D eigenvalue weighted by Gasteiger charge is 2.09. The maximum absolute atomic E-state index is 11.9. The molecule has 0 fully saturated rings. The van der Waals surface area contributed by atoms with Gasteiger partial charge in [0.05, 0.1) is 0 Å². The van der Waals surface area contributed by atoms with Gasteiger partial charge in [-0.1, -0.05) is 28.9 Å². The summed E-state index contributed by atoms with van der Waals surface area (Å²) < 4.78 is 0.847. The molecule has 0 saturated carbocycles. The number of hydrazine groups is 1.